The molecule has 1 fully saturated rings. The molecule has 27 heavy (non-hydrogen) atoms. The van der Waals surface area contributed by atoms with E-state index in [0.29, 0.717) is 30.3 Å². The van der Waals surface area contributed by atoms with E-state index in [1.807, 2.05) is 43.3 Å². The molecule has 3 rings (SSSR count). The summed E-state index contributed by atoms with van der Waals surface area (Å²) in [6.45, 7) is 2.15. The van der Waals surface area contributed by atoms with Crippen LogP contribution in [0.4, 0.5) is 0 Å². The van der Waals surface area contributed by atoms with Gasteiger partial charge in [-0.05, 0) is 37.0 Å². The molecular weight excluding hydrogens is 338 g/mol. The summed E-state index contributed by atoms with van der Waals surface area (Å²) in [7, 11) is 0. The number of rotatable bonds is 6. The summed E-state index contributed by atoms with van der Waals surface area (Å²) in [5, 5.41) is 5.96. The van der Waals surface area contributed by atoms with Crippen molar-refractivity contribution >= 4 is 11.8 Å². The first-order valence-corrected chi connectivity index (χ1v) is 9.74. The molecule has 0 saturated heterocycles. The van der Waals surface area contributed by atoms with E-state index in [2.05, 4.69) is 15.6 Å². The molecule has 0 bridgehead atoms. The van der Waals surface area contributed by atoms with Crippen molar-refractivity contribution in [1.82, 2.24) is 15.6 Å². The molecule has 0 radical (unpaired) electrons. The van der Waals surface area contributed by atoms with Crippen molar-refractivity contribution < 1.29 is 9.59 Å². The molecule has 1 aliphatic rings. The van der Waals surface area contributed by atoms with Crippen LogP contribution in [0, 0.1) is 6.92 Å². The first kappa shape index (κ1) is 19.1. The first-order chi connectivity index (χ1) is 13.1. The van der Waals surface area contributed by atoms with Gasteiger partial charge in [-0.1, -0.05) is 49.6 Å². The van der Waals surface area contributed by atoms with Gasteiger partial charge in [-0.25, -0.2) is 0 Å². The van der Waals surface area contributed by atoms with Gasteiger partial charge in [0.05, 0.1) is 11.3 Å². The second kappa shape index (κ2) is 9.31. The maximum atomic E-state index is 12.7. The van der Waals surface area contributed by atoms with Gasteiger partial charge in [0.15, 0.2) is 0 Å². The number of carbonyl (C=O) groups is 2. The summed E-state index contributed by atoms with van der Waals surface area (Å²) in [6, 6.07) is 11.9. The average molecular weight is 365 g/mol. The third-order valence-corrected chi connectivity index (χ3v) is 5.06. The highest BCUT2D eigenvalue weighted by atomic mass is 16.2. The molecule has 1 saturated carbocycles. The quantitative estimate of drug-likeness (QED) is 0.821. The molecule has 5 heteroatoms. The summed E-state index contributed by atoms with van der Waals surface area (Å²) in [5.74, 6) is -0.182. The zero-order valence-corrected chi connectivity index (χ0v) is 15.8. The van der Waals surface area contributed by atoms with Crippen LogP contribution in [0.15, 0.2) is 42.6 Å². The largest absolute Gasteiger partial charge is 0.353 e. The van der Waals surface area contributed by atoms with Crippen LogP contribution < -0.4 is 10.6 Å². The molecule has 0 atom stereocenters. The van der Waals surface area contributed by atoms with Gasteiger partial charge < -0.3 is 10.6 Å². The predicted molar refractivity (Wildman–Crippen MR) is 106 cm³/mol. The van der Waals surface area contributed by atoms with E-state index in [4.69, 9.17) is 0 Å². The van der Waals surface area contributed by atoms with Gasteiger partial charge in [0.1, 0.15) is 0 Å². The van der Waals surface area contributed by atoms with E-state index in [-0.39, 0.29) is 11.8 Å². The Balaban J connectivity index is 1.59. The third-order valence-electron chi connectivity index (χ3n) is 5.06. The van der Waals surface area contributed by atoms with E-state index in [0.717, 1.165) is 24.0 Å². The van der Waals surface area contributed by atoms with Crippen LogP contribution >= 0.6 is 0 Å². The van der Waals surface area contributed by atoms with E-state index in [1.165, 1.54) is 19.3 Å². The summed E-state index contributed by atoms with van der Waals surface area (Å²) in [5.41, 5.74) is 3.08. The molecule has 0 spiro atoms. The van der Waals surface area contributed by atoms with Crippen molar-refractivity contribution in [3.05, 3.63) is 53.9 Å². The second-order valence-corrected chi connectivity index (χ2v) is 7.09. The minimum absolute atomic E-state index is 0.00777. The van der Waals surface area contributed by atoms with Crippen LogP contribution in [0.1, 0.15) is 54.6 Å². The van der Waals surface area contributed by atoms with Crippen LogP contribution in [0.2, 0.25) is 0 Å². The van der Waals surface area contributed by atoms with Crippen molar-refractivity contribution in [3.63, 3.8) is 0 Å². The van der Waals surface area contributed by atoms with Crippen molar-refractivity contribution in [1.29, 1.82) is 0 Å². The summed E-state index contributed by atoms with van der Waals surface area (Å²) in [6.07, 6.45) is 7.76. The SMILES string of the molecule is Cc1nccc(-c2ccccc2)c1C(=O)NCCC(=O)NC1CCCCC1. The smallest absolute Gasteiger partial charge is 0.253 e. The van der Waals surface area contributed by atoms with Crippen LogP contribution in [0.25, 0.3) is 11.1 Å². The Morgan fingerprint density at radius 1 is 1.07 bits per heavy atom. The van der Waals surface area contributed by atoms with E-state index in [1.54, 1.807) is 6.20 Å². The molecule has 0 unspecified atom stereocenters. The second-order valence-electron chi connectivity index (χ2n) is 7.09. The minimum atomic E-state index is -0.190. The Hall–Kier alpha value is -2.69. The highest BCUT2D eigenvalue weighted by molar-refractivity contribution is 6.01. The highest BCUT2D eigenvalue weighted by Crippen LogP contribution is 2.24. The van der Waals surface area contributed by atoms with E-state index in [9.17, 15) is 9.59 Å². The van der Waals surface area contributed by atoms with Crippen molar-refractivity contribution in [3.8, 4) is 11.1 Å². The zero-order valence-electron chi connectivity index (χ0n) is 15.8. The maximum absolute atomic E-state index is 12.7. The fourth-order valence-electron chi connectivity index (χ4n) is 3.64. The molecule has 1 aromatic heterocycles. The fraction of sp³-hybridized carbons (Fsp3) is 0.409. The number of benzene rings is 1. The Labute approximate surface area is 160 Å². The van der Waals surface area contributed by atoms with Crippen LogP contribution in [-0.2, 0) is 4.79 Å². The third kappa shape index (κ3) is 5.16. The minimum Gasteiger partial charge on any atom is -0.353 e. The summed E-state index contributed by atoms with van der Waals surface area (Å²) in [4.78, 5) is 29.1. The lowest BCUT2D eigenvalue weighted by molar-refractivity contribution is -0.121. The number of carbonyl (C=O) groups excluding carboxylic acids is 2. The Bertz CT molecular complexity index is 783. The summed E-state index contributed by atoms with van der Waals surface area (Å²) < 4.78 is 0. The van der Waals surface area contributed by atoms with Gasteiger partial charge >= 0.3 is 0 Å². The molecule has 1 heterocycles. The molecule has 5 nitrogen and oxygen atoms in total. The number of aromatic nitrogens is 1. The number of nitrogens with zero attached hydrogens (tertiary/aromatic N) is 1. The Morgan fingerprint density at radius 3 is 2.56 bits per heavy atom. The molecule has 142 valence electrons. The molecule has 1 aliphatic carbocycles. The van der Waals surface area contributed by atoms with Crippen molar-refractivity contribution in [2.75, 3.05) is 6.54 Å². The molecule has 1 aromatic carbocycles. The van der Waals surface area contributed by atoms with Crippen molar-refractivity contribution in [2.45, 2.75) is 51.5 Å². The number of aryl methyl sites for hydroxylation is 1. The Kier molecular flexibility index (Phi) is 6.58. The first-order valence-electron chi connectivity index (χ1n) is 9.74. The molecule has 2 aromatic rings. The predicted octanol–water partition coefficient (Wildman–Crippen LogP) is 3.63. The number of amides is 2. The topological polar surface area (TPSA) is 71.1 Å². The monoisotopic (exact) mass is 365 g/mol. The lowest BCUT2D eigenvalue weighted by Crippen LogP contribution is -2.38. The molecular formula is C22H27N3O2. The lowest BCUT2D eigenvalue weighted by Gasteiger charge is -2.22. The highest BCUT2D eigenvalue weighted by Gasteiger charge is 2.18. The summed E-state index contributed by atoms with van der Waals surface area (Å²) >= 11 is 0. The van der Waals surface area contributed by atoms with Gasteiger partial charge in [-0.3, -0.25) is 14.6 Å². The standard InChI is InChI=1S/C22H27N3O2/c1-16-21(19(12-14-23-16)17-8-4-2-5-9-17)22(27)24-15-13-20(26)25-18-10-6-3-7-11-18/h2,4-5,8-9,12,14,18H,3,6-7,10-11,13,15H2,1H3,(H,24,27)(H,25,26). The van der Waals surface area contributed by atoms with Gasteiger partial charge in [-0.2, -0.15) is 0 Å². The molecule has 0 aliphatic heterocycles. The number of hydrogen-bond donors (Lipinski definition) is 2. The fourth-order valence-corrected chi connectivity index (χ4v) is 3.64. The van der Waals surface area contributed by atoms with Crippen molar-refractivity contribution in [2.24, 2.45) is 0 Å². The lowest BCUT2D eigenvalue weighted by atomic mass is 9.95. The van der Waals surface area contributed by atoms with Gasteiger partial charge in [0, 0.05) is 25.2 Å². The average Bonchev–Trinajstić information content (AvgIpc) is 2.69. The normalized spacial score (nSPS) is 14.6. The van der Waals surface area contributed by atoms with E-state index < -0.39 is 0 Å². The van der Waals surface area contributed by atoms with Crippen LogP contribution in [0.5, 0.6) is 0 Å². The van der Waals surface area contributed by atoms with Crippen LogP contribution in [-0.4, -0.2) is 29.4 Å². The zero-order chi connectivity index (χ0) is 19.1. The van der Waals surface area contributed by atoms with Gasteiger partial charge in [0.2, 0.25) is 5.91 Å². The number of hydrogen-bond acceptors (Lipinski definition) is 3. The van der Waals surface area contributed by atoms with Gasteiger partial charge in [0.25, 0.3) is 5.91 Å². The number of nitrogens with one attached hydrogen (secondary N) is 2. The van der Waals surface area contributed by atoms with Gasteiger partial charge in [-0.15, -0.1) is 0 Å². The Morgan fingerprint density at radius 2 is 1.81 bits per heavy atom. The maximum Gasteiger partial charge on any atom is 0.253 e. The van der Waals surface area contributed by atoms with Crippen LogP contribution in [0.3, 0.4) is 0 Å². The molecule has 2 N–H and O–H groups in total. The molecule has 2 amide bonds. The van der Waals surface area contributed by atoms with E-state index >= 15 is 0 Å². The number of pyridine rings is 1.